The normalized spacial score (nSPS) is 11.0. The molecule has 0 aliphatic heterocycles. The van der Waals surface area contributed by atoms with Crippen LogP contribution in [0.25, 0.3) is 0 Å². The lowest BCUT2D eigenvalue weighted by Crippen LogP contribution is -2.14. The van der Waals surface area contributed by atoms with Crippen molar-refractivity contribution in [2.24, 2.45) is 5.10 Å². The van der Waals surface area contributed by atoms with Crippen LogP contribution in [0.5, 0.6) is 0 Å². The highest BCUT2D eigenvalue weighted by atomic mass is 35.5. The fourth-order valence-electron chi connectivity index (χ4n) is 1.35. The van der Waals surface area contributed by atoms with Gasteiger partial charge >= 0.3 is 0 Å². The van der Waals surface area contributed by atoms with Crippen LogP contribution in [0, 0.1) is 0 Å². The Morgan fingerprint density at radius 3 is 2.72 bits per heavy atom. The zero-order chi connectivity index (χ0) is 13.0. The molecule has 6 nitrogen and oxygen atoms in total. The molecule has 1 aromatic heterocycles. The van der Waals surface area contributed by atoms with Gasteiger partial charge in [-0.2, -0.15) is 5.10 Å². The van der Waals surface area contributed by atoms with Crippen molar-refractivity contribution >= 4 is 23.8 Å². The van der Waals surface area contributed by atoms with E-state index in [4.69, 9.17) is 17.4 Å². The maximum absolute atomic E-state index is 5.78. The number of anilines is 1. The minimum Gasteiger partial charge on any atom is -0.335 e. The summed E-state index contributed by atoms with van der Waals surface area (Å²) >= 11 is 5.78. The Bertz CT molecular complexity index is 545. The Morgan fingerprint density at radius 1 is 1.39 bits per heavy atom. The number of nitrogen functional groups attached to an aromatic ring is 1. The molecule has 0 aliphatic carbocycles. The molecule has 0 aliphatic rings. The van der Waals surface area contributed by atoms with E-state index in [0.29, 0.717) is 23.2 Å². The molecule has 18 heavy (non-hydrogen) atoms. The topological polar surface area (TPSA) is 81.1 Å². The minimum atomic E-state index is 0.400. The van der Waals surface area contributed by atoms with Crippen molar-refractivity contribution in [3.63, 3.8) is 0 Å². The molecular weight excluding hydrogens is 252 g/mol. The predicted molar refractivity (Wildman–Crippen MR) is 72.2 cm³/mol. The molecule has 0 fully saturated rings. The second-order valence-electron chi connectivity index (χ2n) is 3.58. The van der Waals surface area contributed by atoms with Crippen molar-refractivity contribution in [3.05, 3.63) is 40.7 Å². The van der Waals surface area contributed by atoms with Crippen molar-refractivity contribution in [1.82, 2.24) is 14.9 Å². The Morgan fingerprint density at radius 2 is 2.11 bits per heavy atom. The first kappa shape index (κ1) is 12.4. The molecule has 0 radical (unpaired) electrons. The summed E-state index contributed by atoms with van der Waals surface area (Å²) in [6, 6.07) is 7.31. The van der Waals surface area contributed by atoms with Gasteiger partial charge < -0.3 is 5.84 Å². The number of rotatable bonds is 4. The first-order valence-corrected chi connectivity index (χ1v) is 5.82. The first-order valence-electron chi connectivity index (χ1n) is 5.44. The van der Waals surface area contributed by atoms with E-state index in [2.05, 4.69) is 20.7 Å². The van der Waals surface area contributed by atoms with E-state index in [9.17, 15) is 0 Å². The molecule has 0 bridgehead atoms. The van der Waals surface area contributed by atoms with Gasteiger partial charge in [-0.15, -0.1) is 10.2 Å². The molecule has 2 rings (SSSR count). The Labute approximate surface area is 109 Å². The van der Waals surface area contributed by atoms with Crippen LogP contribution in [0.3, 0.4) is 0 Å². The number of benzene rings is 1. The number of aryl methyl sites for hydroxylation is 1. The van der Waals surface area contributed by atoms with E-state index in [0.717, 1.165) is 5.56 Å². The molecule has 0 unspecified atom stereocenters. The number of hydrogen-bond acceptors (Lipinski definition) is 5. The van der Waals surface area contributed by atoms with E-state index in [1.54, 1.807) is 18.3 Å². The van der Waals surface area contributed by atoms with Gasteiger partial charge in [-0.25, -0.2) is 10.1 Å². The second-order valence-corrected chi connectivity index (χ2v) is 4.02. The zero-order valence-electron chi connectivity index (χ0n) is 9.84. The molecule has 1 aromatic carbocycles. The molecule has 2 aromatic rings. The van der Waals surface area contributed by atoms with Crippen molar-refractivity contribution in [1.29, 1.82) is 0 Å². The number of hydrogen-bond donors (Lipinski definition) is 2. The molecule has 0 amide bonds. The number of halogens is 1. The van der Waals surface area contributed by atoms with Crippen LogP contribution in [0.15, 0.2) is 29.4 Å². The van der Waals surface area contributed by atoms with Crippen molar-refractivity contribution < 1.29 is 0 Å². The van der Waals surface area contributed by atoms with Gasteiger partial charge in [0, 0.05) is 11.4 Å². The predicted octanol–water partition coefficient (Wildman–Crippen LogP) is 1.65. The maximum Gasteiger partial charge on any atom is 0.263 e. The lowest BCUT2D eigenvalue weighted by molar-refractivity contribution is 0.855. The maximum atomic E-state index is 5.78. The SMILES string of the molecule is CCc1nnc(N/N=C\c2ccc(Cl)cc2)n1N. The summed E-state index contributed by atoms with van der Waals surface area (Å²) < 4.78 is 1.37. The summed E-state index contributed by atoms with van der Waals surface area (Å²) in [6.07, 6.45) is 2.36. The van der Waals surface area contributed by atoms with E-state index in [1.807, 2.05) is 19.1 Å². The lowest BCUT2D eigenvalue weighted by Gasteiger charge is -2.00. The van der Waals surface area contributed by atoms with E-state index < -0.39 is 0 Å². The van der Waals surface area contributed by atoms with Crippen LogP contribution in [0.1, 0.15) is 18.3 Å². The van der Waals surface area contributed by atoms with Gasteiger partial charge in [0.05, 0.1) is 6.21 Å². The quantitative estimate of drug-likeness (QED) is 0.500. The summed E-state index contributed by atoms with van der Waals surface area (Å²) in [5, 5.41) is 12.5. The molecule has 3 N–H and O–H groups in total. The minimum absolute atomic E-state index is 0.400. The number of nitrogens with two attached hydrogens (primary N) is 1. The Hall–Kier alpha value is -2.08. The average Bonchev–Trinajstić information content (AvgIpc) is 2.73. The lowest BCUT2D eigenvalue weighted by atomic mass is 10.2. The van der Waals surface area contributed by atoms with Crippen LogP contribution < -0.4 is 11.3 Å². The van der Waals surface area contributed by atoms with Crippen LogP contribution in [-0.4, -0.2) is 21.1 Å². The molecule has 0 atom stereocenters. The highest BCUT2D eigenvalue weighted by Crippen LogP contribution is 2.08. The van der Waals surface area contributed by atoms with Crippen molar-refractivity contribution in [3.8, 4) is 0 Å². The van der Waals surface area contributed by atoms with Gasteiger partial charge in [-0.05, 0) is 17.7 Å². The smallest absolute Gasteiger partial charge is 0.263 e. The zero-order valence-corrected chi connectivity index (χ0v) is 10.6. The average molecular weight is 265 g/mol. The highest BCUT2D eigenvalue weighted by Gasteiger charge is 2.05. The summed E-state index contributed by atoms with van der Waals surface area (Å²) in [5.74, 6) is 6.84. The number of nitrogens with zero attached hydrogens (tertiary/aromatic N) is 4. The third-order valence-corrected chi connectivity index (χ3v) is 2.58. The van der Waals surface area contributed by atoms with Gasteiger partial charge in [-0.3, -0.25) is 0 Å². The van der Waals surface area contributed by atoms with Crippen LogP contribution in [-0.2, 0) is 6.42 Å². The molecule has 7 heteroatoms. The van der Waals surface area contributed by atoms with Crippen LogP contribution >= 0.6 is 11.6 Å². The van der Waals surface area contributed by atoms with Crippen molar-refractivity contribution in [2.75, 3.05) is 11.3 Å². The van der Waals surface area contributed by atoms with Crippen molar-refractivity contribution in [2.45, 2.75) is 13.3 Å². The standard InChI is InChI=1S/C11H13ClN6/c1-2-10-15-17-11(18(10)13)16-14-7-8-3-5-9(12)6-4-8/h3-7H,2,13H2,1H3,(H,16,17)/b14-7-. The molecule has 1 heterocycles. The number of nitrogens with one attached hydrogen (secondary N) is 1. The van der Waals surface area contributed by atoms with Crippen LogP contribution in [0.4, 0.5) is 5.95 Å². The second kappa shape index (κ2) is 5.50. The fourth-order valence-corrected chi connectivity index (χ4v) is 1.48. The highest BCUT2D eigenvalue weighted by molar-refractivity contribution is 6.30. The van der Waals surface area contributed by atoms with E-state index in [-0.39, 0.29) is 0 Å². The van der Waals surface area contributed by atoms with Gasteiger partial charge in [0.2, 0.25) is 0 Å². The summed E-state index contributed by atoms with van der Waals surface area (Å²) in [6.45, 7) is 1.95. The van der Waals surface area contributed by atoms with Gasteiger partial charge in [0.15, 0.2) is 5.82 Å². The Kier molecular flexibility index (Phi) is 3.78. The van der Waals surface area contributed by atoms with E-state index in [1.165, 1.54) is 4.68 Å². The fraction of sp³-hybridized carbons (Fsp3) is 0.182. The van der Waals surface area contributed by atoms with Crippen LogP contribution in [0.2, 0.25) is 5.02 Å². The third-order valence-electron chi connectivity index (χ3n) is 2.33. The largest absolute Gasteiger partial charge is 0.335 e. The molecular formula is C11H13ClN6. The monoisotopic (exact) mass is 264 g/mol. The molecule has 94 valence electrons. The molecule has 0 spiro atoms. The number of hydrazone groups is 1. The first-order chi connectivity index (χ1) is 8.70. The van der Waals surface area contributed by atoms with Gasteiger partial charge in [-0.1, -0.05) is 30.7 Å². The third kappa shape index (κ3) is 2.78. The number of aromatic nitrogens is 3. The van der Waals surface area contributed by atoms with E-state index >= 15 is 0 Å². The summed E-state index contributed by atoms with van der Waals surface area (Å²) in [4.78, 5) is 0. The molecule has 0 saturated heterocycles. The summed E-state index contributed by atoms with van der Waals surface area (Å²) in [5.41, 5.74) is 3.65. The van der Waals surface area contributed by atoms with Gasteiger partial charge in [0.25, 0.3) is 5.95 Å². The van der Waals surface area contributed by atoms with Gasteiger partial charge in [0.1, 0.15) is 0 Å². The Balaban J connectivity index is 2.02. The molecule has 0 saturated carbocycles. The summed E-state index contributed by atoms with van der Waals surface area (Å²) in [7, 11) is 0.